The molecule has 15 nitrogen and oxygen atoms in total. The van der Waals surface area contributed by atoms with Crippen LogP contribution in [0.1, 0.15) is 17.0 Å². The summed E-state index contributed by atoms with van der Waals surface area (Å²) in [6, 6.07) is 38.7. The van der Waals surface area contributed by atoms with E-state index in [1.165, 1.54) is 13.2 Å². The molecule has 0 bridgehead atoms. The minimum atomic E-state index is -4.58. The first kappa shape index (κ1) is 52.6. The van der Waals surface area contributed by atoms with Crippen LogP contribution in [0, 0.1) is 0 Å². The van der Waals surface area contributed by atoms with E-state index in [2.05, 4.69) is 54.3 Å². The Hall–Kier alpha value is -8.29. The highest BCUT2D eigenvalue weighted by molar-refractivity contribution is 6.11. The topological polar surface area (TPSA) is 161 Å². The molecule has 0 unspecified atom stereocenters. The molecule has 4 amide bonds. The highest BCUT2D eigenvalue weighted by Crippen LogP contribution is 2.37. The number of nitrogens with one attached hydrogen (secondary N) is 4. The lowest BCUT2D eigenvalue weighted by Gasteiger charge is -2.26. The Labute approximate surface area is 437 Å². The molecule has 76 heavy (non-hydrogen) atoms. The third kappa shape index (κ3) is 13.1. The van der Waals surface area contributed by atoms with Crippen molar-refractivity contribution in [3.05, 3.63) is 163 Å². The molecule has 2 aliphatic rings. The molecule has 4 heterocycles. The second-order valence-electron chi connectivity index (χ2n) is 17.9. The van der Waals surface area contributed by atoms with Crippen LogP contribution in [-0.4, -0.2) is 106 Å². The summed E-state index contributed by atoms with van der Waals surface area (Å²) >= 11 is 0. The summed E-state index contributed by atoms with van der Waals surface area (Å²) in [6.07, 6.45) is -0.811. The molecule has 0 saturated carbocycles. The lowest BCUT2D eigenvalue weighted by molar-refractivity contribution is -0.137. The number of morpholine rings is 2. The molecule has 0 aliphatic carbocycles. The van der Waals surface area contributed by atoms with Crippen LogP contribution in [0.15, 0.2) is 146 Å². The number of amides is 4. The fourth-order valence-corrected chi connectivity index (χ4v) is 9.07. The fourth-order valence-electron chi connectivity index (χ4n) is 9.07. The predicted molar refractivity (Wildman–Crippen MR) is 289 cm³/mol. The molecule has 10 rings (SSSR count). The first-order chi connectivity index (χ1) is 36.9. The van der Waals surface area contributed by atoms with E-state index >= 15 is 0 Å². The lowest BCUT2D eigenvalue weighted by atomic mass is 9.98. The van der Waals surface area contributed by atoms with Crippen LogP contribution in [0.25, 0.3) is 43.8 Å². The second-order valence-corrected chi connectivity index (χ2v) is 17.9. The number of carbonyl (C=O) groups excluding carboxylic acids is 2. The number of ether oxygens (including phenoxy) is 5. The quantitative estimate of drug-likeness (QED) is 0.0870. The zero-order chi connectivity index (χ0) is 53.0. The number of nitrogens with zero attached hydrogens (tertiary/aromatic N) is 4. The van der Waals surface area contributed by atoms with Gasteiger partial charge in [0.25, 0.3) is 0 Å². The number of hydrogen-bond acceptors (Lipinski definition) is 11. The number of urea groups is 2. The van der Waals surface area contributed by atoms with Crippen LogP contribution in [0.2, 0.25) is 0 Å². The molecule has 2 aromatic heterocycles. The Morgan fingerprint density at radius 2 is 1.00 bits per heavy atom. The Balaban J connectivity index is 0.000000186. The van der Waals surface area contributed by atoms with Crippen molar-refractivity contribution >= 4 is 56.4 Å². The molecule has 392 valence electrons. The van der Waals surface area contributed by atoms with E-state index in [0.717, 1.165) is 133 Å². The van der Waals surface area contributed by atoms with Gasteiger partial charge in [-0.25, -0.2) is 9.59 Å². The molecule has 6 aromatic carbocycles. The number of methoxy groups -OCH3 is 3. The van der Waals surface area contributed by atoms with Crippen molar-refractivity contribution in [2.75, 3.05) is 95.2 Å². The molecule has 0 spiro atoms. The number of halogens is 3. The number of anilines is 4. The number of rotatable bonds is 13. The number of carbonyl (C=O) groups is 2. The standard InChI is InChI=1S/C29H27F3N4O3.C29H30N4O4/c1-38-23-15-20(29(30,31)32)14-22(16-23)34-28(37)35-27-9-8-24(25-4-2-3-5-26(25)27)19-6-7-21(33-17-19)18-36-10-12-39-13-11-36;1-35-22-9-11-27(28(17-22)36-2)32-29(34)31-26-12-10-23(24-5-3-4-6-25(24)26)20-7-8-21(30-18-20)19-33-13-15-37-16-14-33/h2-9,14-17H,10-13,18H2,1H3,(H2,34,35,37);3-12,17-18H,13-16,19H2,1-2H3,(H2,31,32,34). The van der Waals surface area contributed by atoms with Gasteiger partial charge >= 0.3 is 18.2 Å². The minimum Gasteiger partial charge on any atom is -0.497 e. The normalized spacial score (nSPS) is 14.0. The SMILES string of the molecule is COc1cc(NC(=O)Nc2ccc(-c3ccc(CN4CCOCC4)nc3)c3ccccc23)cc(C(F)(F)F)c1.COc1ccc(NC(=O)Nc2ccc(-c3ccc(CN4CCOCC4)nc3)c3ccccc23)c(OC)c1. The van der Waals surface area contributed by atoms with E-state index in [-0.39, 0.29) is 17.5 Å². The number of alkyl halides is 3. The van der Waals surface area contributed by atoms with Gasteiger partial charge in [-0.1, -0.05) is 72.8 Å². The molecule has 2 saturated heterocycles. The Kier molecular flexibility index (Phi) is 16.9. The van der Waals surface area contributed by atoms with Gasteiger partial charge in [-0.15, -0.1) is 0 Å². The van der Waals surface area contributed by atoms with Crippen molar-refractivity contribution in [3.8, 4) is 39.5 Å². The number of fused-ring (bicyclic) bond motifs is 2. The van der Waals surface area contributed by atoms with Gasteiger partial charge in [-0.3, -0.25) is 19.8 Å². The van der Waals surface area contributed by atoms with Gasteiger partial charge in [0.1, 0.15) is 17.2 Å². The van der Waals surface area contributed by atoms with E-state index in [4.69, 9.17) is 28.7 Å². The van der Waals surface area contributed by atoms with Gasteiger partial charge < -0.3 is 45.0 Å². The molecular weight excluding hydrogens is 978 g/mol. The van der Waals surface area contributed by atoms with Gasteiger partial charge in [-0.05, 0) is 70.4 Å². The lowest BCUT2D eigenvalue weighted by Crippen LogP contribution is -2.35. The number of benzene rings is 6. The van der Waals surface area contributed by atoms with E-state index in [0.29, 0.717) is 28.6 Å². The van der Waals surface area contributed by atoms with Crippen molar-refractivity contribution in [1.82, 2.24) is 19.8 Å². The van der Waals surface area contributed by atoms with Crippen molar-refractivity contribution < 1.29 is 46.4 Å². The Morgan fingerprint density at radius 1 is 0.526 bits per heavy atom. The summed E-state index contributed by atoms with van der Waals surface area (Å²) in [5.74, 6) is 1.15. The van der Waals surface area contributed by atoms with Crippen molar-refractivity contribution in [3.63, 3.8) is 0 Å². The van der Waals surface area contributed by atoms with Crippen LogP contribution >= 0.6 is 0 Å². The van der Waals surface area contributed by atoms with Gasteiger partial charge in [0.15, 0.2) is 0 Å². The maximum Gasteiger partial charge on any atom is 0.416 e. The Morgan fingerprint density at radius 3 is 1.46 bits per heavy atom. The monoisotopic (exact) mass is 1030 g/mol. The van der Waals surface area contributed by atoms with Gasteiger partial charge in [-0.2, -0.15) is 13.2 Å². The fraction of sp³-hybridized carbons (Fsp3) is 0.241. The maximum absolute atomic E-state index is 13.3. The second kappa shape index (κ2) is 24.4. The van der Waals surface area contributed by atoms with Gasteiger partial charge in [0, 0.05) is 91.4 Å². The van der Waals surface area contributed by atoms with E-state index in [9.17, 15) is 22.8 Å². The van der Waals surface area contributed by atoms with Crippen molar-refractivity contribution in [2.45, 2.75) is 19.3 Å². The van der Waals surface area contributed by atoms with Crippen LogP contribution in [0.5, 0.6) is 17.2 Å². The van der Waals surface area contributed by atoms with Crippen LogP contribution < -0.4 is 35.5 Å². The number of pyridine rings is 2. The Bertz CT molecular complexity index is 3300. The number of aromatic nitrogens is 2. The smallest absolute Gasteiger partial charge is 0.416 e. The van der Waals surface area contributed by atoms with E-state index in [1.54, 1.807) is 38.5 Å². The van der Waals surface area contributed by atoms with E-state index < -0.39 is 17.8 Å². The summed E-state index contributed by atoms with van der Waals surface area (Å²) in [6.45, 7) is 8.23. The zero-order valence-electron chi connectivity index (χ0n) is 42.2. The summed E-state index contributed by atoms with van der Waals surface area (Å²) in [7, 11) is 4.40. The first-order valence-electron chi connectivity index (χ1n) is 24.6. The maximum atomic E-state index is 13.3. The summed E-state index contributed by atoms with van der Waals surface area (Å²) < 4.78 is 66.2. The number of hydrogen-bond donors (Lipinski definition) is 4. The highest BCUT2D eigenvalue weighted by atomic mass is 19.4. The third-order valence-corrected chi connectivity index (χ3v) is 13.0. The summed E-state index contributed by atoms with van der Waals surface area (Å²) in [5.41, 5.74) is 6.80. The van der Waals surface area contributed by atoms with Crippen LogP contribution in [0.3, 0.4) is 0 Å². The van der Waals surface area contributed by atoms with Gasteiger partial charge in [0.05, 0.1) is 81.8 Å². The summed E-state index contributed by atoms with van der Waals surface area (Å²) in [4.78, 5) is 39.7. The van der Waals surface area contributed by atoms with Crippen molar-refractivity contribution in [1.29, 1.82) is 0 Å². The predicted octanol–water partition coefficient (Wildman–Crippen LogP) is 11.8. The van der Waals surface area contributed by atoms with Crippen molar-refractivity contribution in [2.24, 2.45) is 0 Å². The highest BCUT2D eigenvalue weighted by Gasteiger charge is 2.32. The average Bonchev–Trinajstić information content (AvgIpc) is 3.45. The zero-order valence-corrected chi connectivity index (χ0v) is 42.2. The largest absolute Gasteiger partial charge is 0.497 e. The van der Waals surface area contributed by atoms with Gasteiger partial charge in [0.2, 0.25) is 0 Å². The third-order valence-electron chi connectivity index (χ3n) is 13.0. The molecule has 4 N–H and O–H groups in total. The molecule has 2 aliphatic heterocycles. The van der Waals surface area contributed by atoms with Crippen LogP contribution in [-0.2, 0) is 28.7 Å². The molecule has 8 aromatic rings. The molecule has 2 fully saturated rings. The molecule has 0 radical (unpaired) electrons. The minimum absolute atomic E-state index is 0.0144. The first-order valence-corrected chi connectivity index (χ1v) is 24.6. The van der Waals surface area contributed by atoms with E-state index in [1.807, 2.05) is 85.2 Å². The molecular formula is C58H57F3N8O7. The molecule has 18 heteroatoms. The van der Waals surface area contributed by atoms with Crippen LogP contribution in [0.4, 0.5) is 45.5 Å². The average molecular weight is 1040 g/mol. The summed E-state index contributed by atoms with van der Waals surface area (Å²) in [5, 5.41) is 14.7. The molecule has 0 atom stereocenters.